The molecule has 4 heteroatoms. The fourth-order valence-electron chi connectivity index (χ4n) is 3.27. The topological polar surface area (TPSA) is 63.3 Å². The Balaban J connectivity index is -0.000000616. The molecule has 0 unspecified atom stereocenters. The van der Waals surface area contributed by atoms with Crippen LogP contribution in [0.15, 0.2) is 12.2 Å². The van der Waals surface area contributed by atoms with E-state index in [9.17, 15) is 4.79 Å². The molecule has 0 bridgehead atoms. The van der Waals surface area contributed by atoms with E-state index in [4.69, 9.17) is 10.8 Å². The van der Waals surface area contributed by atoms with Crippen LogP contribution in [-0.4, -0.2) is 17.6 Å². The van der Waals surface area contributed by atoms with Gasteiger partial charge in [0.05, 0.1) is 0 Å². The molecule has 0 aromatic rings. The van der Waals surface area contributed by atoms with E-state index in [1.165, 1.54) is 109 Å². The first-order valence-corrected chi connectivity index (χ1v) is 12.8. The number of aliphatic carboxylic acids is 1. The van der Waals surface area contributed by atoms with Crippen LogP contribution in [0.1, 0.15) is 142 Å². The first-order chi connectivity index (χ1) is 14.2. The van der Waals surface area contributed by atoms with Gasteiger partial charge in [0.2, 0.25) is 0 Å². The van der Waals surface area contributed by atoms with E-state index in [-0.39, 0.29) is 27.3 Å². The number of unbranched alkanes of at least 4 members (excludes halogenated alkanes) is 16. The quantitative estimate of drug-likeness (QED) is 0.0901. The number of carboxylic acids is 1. The van der Waals surface area contributed by atoms with Crippen molar-refractivity contribution in [2.75, 3.05) is 6.54 Å². The Hall–Kier alpha value is 0.0921. The molecule has 0 aromatic carbocycles. The molecule has 0 radical (unpaired) electrons. The Morgan fingerprint density at radius 1 is 0.633 bits per heavy atom. The van der Waals surface area contributed by atoms with Crippen LogP contribution in [0.3, 0.4) is 0 Å². The maximum absolute atomic E-state index is 10.3. The molecular weight excluding hydrogens is 471 g/mol. The molecule has 0 aliphatic carbocycles. The van der Waals surface area contributed by atoms with Gasteiger partial charge in [0.15, 0.2) is 0 Å². The number of hydrogen-bond donors (Lipinski definition) is 2. The maximum atomic E-state index is 10.3. The van der Waals surface area contributed by atoms with Crippen LogP contribution < -0.4 is 5.73 Å². The molecular formula is C26H53CdNO2. The van der Waals surface area contributed by atoms with E-state index in [1.807, 2.05) is 0 Å². The monoisotopic (exact) mass is 525 g/mol. The summed E-state index contributed by atoms with van der Waals surface area (Å²) in [5.74, 6) is -0.664. The Labute approximate surface area is 209 Å². The van der Waals surface area contributed by atoms with E-state index in [2.05, 4.69) is 26.0 Å². The summed E-state index contributed by atoms with van der Waals surface area (Å²) in [5.41, 5.74) is 5.34. The fourth-order valence-corrected chi connectivity index (χ4v) is 3.27. The van der Waals surface area contributed by atoms with Gasteiger partial charge in [-0.15, -0.1) is 0 Å². The van der Waals surface area contributed by atoms with Crippen molar-refractivity contribution in [1.29, 1.82) is 0 Å². The molecule has 0 saturated heterocycles. The van der Waals surface area contributed by atoms with Gasteiger partial charge >= 0.3 is 5.97 Å². The zero-order valence-electron chi connectivity index (χ0n) is 20.6. The van der Waals surface area contributed by atoms with Crippen molar-refractivity contribution in [3.05, 3.63) is 12.2 Å². The third-order valence-corrected chi connectivity index (χ3v) is 5.21. The van der Waals surface area contributed by atoms with Crippen molar-refractivity contribution < 1.29 is 37.2 Å². The second-order valence-electron chi connectivity index (χ2n) is 8.28. The van der Waals surface area contributed by atoms with Gasteiger partial charge in [0, 0.05) is 33.7 Å². The van der Waals surface area contributed by atoms with Crippen molar-refractivity contribution in [2.45, 2.75) is 142 Å². The van der Waals surface area contributed by atoms with Gasteiger partial charge in [-0.25, -0.2) is 0 Å². The second kappa shape index (κ2) is 33.7. The standard InChI is InChI=1S/C18H34O2.C8H19N.Cd/c1-2-3-4-5-6-7-8-9-10-11-12-13-14-15-16-17-18(19)20;1-2-3-4-5-6-7-8-9;/h9-10H,2-8,11-17H2,1H3,(H,19,20);2-9H2,1H3;/b10-9-;;. The van der Waals surface area contributed by atoms with Crippen molar-refractivity contribution >= 4 is 5.97 Å². The molecule has 0 fully saturated rings. The summed E-state index contributed by atoms with van der Waals surface area (Å²) < 4.78 is 0. The molecule has 30 heavy (non-hydrogen) atoms. The Bertz CT molecular complexity index is 329. The zero-order chi connectivity index (χ0) is 21.8. The molecule has 3 nitrogen and oxygen atoms in total. The number of rotatable bonds is 21. The molecule has 0 atom stereocenters. The third kappa shape index (κ3) is 38.7. The fraction of sp³-hybridized carbons (Fsp3) is 0.885. The number of allylic oxidation sites excluding steroid dienone is 2. The first-order valence-electron chi connectivity index (χ1n) is 12.8. The third-order valence-electron chi connectivity index (χ3n) is 5.21. The summed E-state index contributed by atoms with van der Waals surface area (Å²) in [6.07, 6.45) is 29.3. The summed E-state index contributed by atoms with van der Waals surface area (Å²) in [5, 5.41) is 8.51. The minimum absolute atomic E-state index is 0. The molecule has 0 spiro atoms. The van der Waals surface area contributed by atoms with Gasteiger partial charge in [0.1, 0.15) is 0 Å². The normalized spacial score (nSPS) is 10.5. The van der Waals surface area contributed by atoms with Gasteiger partial charge in [0.25, 0.3) is 0 Å². The van der Waals surface area contributed by atoms with E-state index < -0.39 is 5.97 Å². The largest absolute Gasteiger partial charge is 0.481 e. The van der Waals surface area contributed by atoms with Crippen LogP contribution in [0.5, 0.6) is 0 Å². The summed E-state index contributed by atoms with van der Waals surface area (Å²) in [7, 11) is 0. The zero-order valence-corrected chi connectivity index (χ0v) is 24.7. The van der Waals surface area contributed by atoms with Crippen LogP contribution in [0.2, 0.25) is 0 Å². The average molecular weight is 524 g/mol. The van der Waals surface area contributed by atoms with Crippen molar-refractivity contribution in [2.24, 2.45) is 5.73 Å². The van der Waals surface area contributed by atoms with Crippen LogP contribution in [0, 0.1) is 0 Å². The number of hydrogen-bond acceptors (Lipinski definition) is 2. The van der Waals surface area contributed by atoms with Gasteiger partial charge in [-0.3, -0.25) is 4.79 Å². The molecule has 0 rings (SSSR count). The molecule has 0 heterocycles. The van der Waals surface area contributed by atoms with Gasteiger partial charge in [-0.2, -0.15) is 0 Å². The van der Waals surface area contributed by atoms with E-state index >= 15 is 0 Å². The van der Waals surface area contributed by atoms with E-state index in [1.54, 1.807) is 0 Å². The van der Waals surface area contributed by atoms with Gasteiger partial charge in [-0.05, 0) is 45.1 Å². The van der Waals surface area contributed by atoms with Crippen molar-refractivity contribution in [1.82, 2.24) is 0 Å². The first kappa shape index (κ1) is 34.7. The summed E-state index contributed by atoms with van der Waals surface area (Å²) in [6.45, 7) is 5.37. The van der Waals surface area contributed by atoms with Crippen LogP contribution >= 0.6 is 0 Å². The number of carbonyl (C=O) groups is 1. The predicted octanol–water partition coefficient (Wildman–Crippen LogP) is 8.41. The Morgan fingerprint density at radius 2 is 1.00 bits per heavy atom. The summed E-state index contributed by atoms with van der Waals surface area (Å²) >= 11 is 0. The Kier molecular flexibility index (Phi) is 39.0. The van der Waals surface area contributed by atoms with Gasteiger partial charge in [-0.1, -0.05) is 109 Å². The van der Waals surface area contributed by atoms with E-state index in [0.29, 0.717) is 6.42 Å². The van der Waals surface area contributed by atoms with Crippen LogP contribution in [0.25, 0.3) is 0 Å². The molecule has 0 saturated carbocycles. The molecule has 0 aromatic heterocycles. The van der Waals surface area contributed by atoms with Gasteiger partial charge < -0.3 is 10.8 Å². The minimum Gasteiger partial charge on any atom is -0.481 e. The SMILES string of the molecule is CCCCCCCC/C=C\CCCCCCCC(=O)O.CCCCCCCCN.[Cd]. The minimum atomic E-state index is -0.664. The number of carboxylic acid groups (broad SMARTS) is 1. The second-order valence-corrected chi connectivity index (χ2v) is 8.28. The maximum Gasteiger partial charge on any atom is 0.303 e. The van der Waals surface area contributed by atoms with Crippen molar-refractivity contribution in [3.63, 3.8) is 0 Å². The molecule has 0 amide bonds. The predicted molar refractivity (Wildman–Crippen MR) is 130 cm³/mol. The van der Waals surface area contributed by atoms with Crippen LogP contribution in [0.4, 0.5) is 0 Å². The smallest absolute Gasteiger partial charge is 0.303 e. The summed E-state index contributed by atoms with van der Waals surface area (Å²) in [6, 6.07) is 0. The summed E-state index contributed by atoms with van der Waals surface area (Å²) in [4.78, 5) is 10.3. The average Bonchev–Trinajstić information content (AvgIpc) is 2.71. The molecule has 3 N–H and O–H groups in total. The molecule has 0 aliphatic heterocycles. The van der Waals surface area contributed by atoms with Crippen molar-refractivity contribution in [3.8, 4) is 0 Å². The number of nitrogens with two attached hydrogens (primary N) is 1. The van der Waals surface area contributed by atoms with Crippen LogP contribution in [-0.2, 0) is 32.1 Å². The molecule has 176 valence electrons. The van der Waals surface area contributed by atoms with E-state index in [0.717, 1.165) is 19.4 Å². The Morgan fingerprint density at radius 3 is 1.40 bits per heavy atom. The molecule has 0 aliphatic rings.